The van der Waals surface area contributed by atoms with Crippen molar-refractivity contribution in [2.24, 2.45) is 5.92 Å². The Labute approximate surface area is 181 Å². The average molecular weight is 412 g/mol. The van der Waals surface area contributed by atoms with Crippen LogP contribution in [0.1, 0.15) is 46.7 Å². The van der Waals surface area contributed by atoms with Crippen molar-refractivity contribution in [3.05, 3.63) is 94.8 Å². The van der Waals surface area contributed by atoms with Crippen molar-refractivity contribution in [1.82, 2.24) is 4.98 Å². The molecule has 3 aromatic rings. The van der Waals surface area contributed by atoms with Crippen molar-refractivity contribution in [2.75, 3.05) is 4.90 Å². The highest BCUT2D eigenvalue weighted by Gasteiger charge is 2.35. The van der Waals surface area contributed by atoms with E-state index in [9.17, 15) is 14.7 Å². The lowest BCUT2D eigenvalue weighted by Gasteiger charge is -2.18. The summed E-state index contributed by atoms with van der Waals surface area (Å²) in [5, 5.41) is 9.25. The number of aromatic carboxylic acids is 1. The zero-order valence-electron chi connectivity index (χ0n) is 17.8. The Morgan fingerprint density at radius 2 is 1.71 bits per heavy atom. The number of aromatic nitrogens is 1. The van der Waals surface area contributed by atoms with Gasteiger partial charge in [0.25, 0.3) is 5.91 Å². The second-order valence-electron chi connectivity index (χ2n) is 8.04. The number of carbonyl (C=O) groups excluding carboxylic acids is 1. The van der Waals surface area contributed by atoms with E-state index in [-0.39, 0.29) is 24.1 Å². The Morgan fingerprint density at radius 3 is 2.39 bits per heavy atom. The van der Waals surface area contributed by atoms with Crippen LogP contribution in [0.25, 0.3) is 11.1 Å². The first-order valence-corrected chi connectivity index (χ1v) is 10.3. The lowest BCUT2D eigenvalue weighted by atomic mass is 9.87. The minimum Gasteiger partial charge on any atom is -0.477 e. The molecule has 156 valence electrons. The summed E-state index contributed by atoms with van der Waals surface area (Å²) < 4.78 is 0. The molecule has 0 fully saturated rings. The second-order valence-corrected chi connectivity index (χ2v) is 8.04. The summed E-state index contributed by atoms with van der Waals surface area (Å²) >= 11 is 0. The van der Waals surface area contributed by atoms with E-state index in [1.807, 2.05) is 31.2 Å². The van der Waals surface area contributed by atoms with Gasteiger partial charge in [0, 0.05) is 5.56 Å². The molecule has 1 aliphatic heterocycles. The molecule has 0 saturated carbocycles. The van der Waals surface area contributed by atoms with Gasteiger partial charge in [-0.25, -0.2) is 9.78 Å². The molecule has 2 aromatic carbocycles. The molecule has 0 spiro atoms. The van der Waals surface area contributed by atoms with Crippen LogP contribution in [0.15, 0.2) is 66.7 Å². The van der Waals surface area contributed by atoms with Gasteiger partial charge in [0.05, 0.1) is 23.5 Å². The van der Waals surface area contributed by atoms with E-state index in [2.05, 4.69) is 43.1 Å². The number of rotatable bonds is 5. The van der Waals surface area contributed by atoms with E-state index in [1.165, 1.54) is 11.6 Å². The van der Waals surface area contributed by atoms with Gasteiger partial charge in [0.2, 0.25) is 0 Å². The summed E-state index contributed by atoms with van der Waals surface area (Å²) in [6.07, 6.45) is 0. The SMILES string of the molecule is Cc1ccc(C(=C2C(=O)N(Cc3cccc(C(=O)O)n3)c3ccccc32)C(C)C)cc1. The van der Waals surface area contributed by atoms with Crippen LogP contribution in [0.3, 0.4) is 0 Å². The van der Waals surface area contributed by atoms with Crippen LogP contribution >= 0.6 is 0 Å². The number of aryl methyl sites for hydroxylation is 1. The Hall–Kier alpha value is -3.73. The number of carbonyl (C=O) groups is 2. The number of pyridine rings is 1. The fourth-order valence-electron chi connectivity index (χ4n) is 4.05. The number of hydrogen-bond acceptors (Lipinski definition) is 3. The molecule has 0 saturated heterocycles. The van der Waals surface area contributed by atoms with Crippen molar-refractivity contribution in [3.63, 3.8) is 0 Å². The van der Waals surface area contributed by atoms with Crippen molar-refractivity contribution < 1.29 is 14.7 Å². The number of para-hydroxylation sites is 1. The Bertz CT molecular complexity index is 1190. The third kappa shape index (κ3) is 3.87. The predicted molar refractivity (Wildman–Crippen MR) is 122 cm³/mol. The topological polar surface area (TPSA) is 70.5 Å². The fraction of sp³-hybridized carbons (Fsp3) is 0.192. The number of nitrogens with zero attached hydrogens (tertiary/aromatic N) is 2. The van der Waals surface area contributed by atoms with E-state index >= 15 is 0 Å². The summed E-state index contributed by atoms with van der Waals surface area (Å²) in [6.45, 7) is 6.44. The number of fused-ring (bicyclic) bond motifs is 1. The van der Waals surface area contributed by atoms with Crippen molar-refractivity contribution in [1.29, 1.82) is 0 Å². The molecule has 1 aromatic heterocycles. The minimum absolute atomic E-state index is 0.0317. The Kier molecular flexibility index (Phi) is 5.42. The van der Waals surface area contributed by atoms with Crippen LogP contribution < -0.4 is 4.90 Å². The summed E-state index contributed by atoms with van der Waals surface area (Å²) in [4.78, 5) is 30.9. The second kappa shape index (κ2) is 8.19. The van der Waals surface area contributed by atoms with Crippen molar-refractivity contribution in [2.45, 2.75) is 27.3 Å². The highest BCUT2D eigenvalue weighted by atomic mass is 16.4. The molecule has 1 amide bonds. The molecule has 5 nitrogen and oxygen atoms in total. The molecule has 0 radical (unpaired) electrons. The largest absolute Gasteiger partial charge is 0.477 e. The van der Waals surface area contributed by atoms with Crippen LogP contribution in [-0.2, 0) is 11.3 Å². The van der Waals surface area contributed by atoms with Crippen LogP contribution in [0.5, 0.6) is 0 Å². The third-order valence-corrected chi connectivity index (χ3v) is 5.48. The van der Waals surface area contributed by atoms with E-state index in [0.29, 0.717) is 11.3 Å². The predicted octanol–water partition coefficient (Wildman–Crippen LogP) is 5.20. The van der Waals surface area contributed by atoms with Gasteiger partial charge in [-0.3, -0.25) is 4.79 Å². The Morgan fingerprint density at radius 1 is 1.00 bits per heavy atom. The zero-order valence-corrected chi connectivity index (χ0v) is 17.8. The van der Waals surface area contributed by atoms with Gasteiger partial charge in [0.15, 0.2) is 0 Å². The first kappa shape index (κ1) is 20.5. The number of carboxylic acids is 1. The van der Waals surface area contributed by atoms with Gasteiger partial charge in [-0.05, 0) is 42.2 Å². The van der Waals surface area contributed by atoms with Crippen LogP contribution in [0.2, 0.25) is 0 Å². The van der Waals surface area contributed by atoms with Crippen LogP contribution in [-0.4, -0.2) is 22.0 Å². The lowest BCUT2D eigenvalue weighted by Crippen LogP contribution is -2.27. The maximum absolute atomic E-state index is 13.7. The number of hydrogen-bond donors (Lipinski definition) is 1. The van der Waals surface area contributed by atoms with Gasteiger partial charge in [-0.1, -0.05) is 67.9 Å². The smallest absolute Gasteiger partial charge is 0.354 e. The summed E-state index contributed by atoms with van der Waals surface area (Å²) in [7, 11) is 0. The molecule has 0 aliphatic carbocycles. The van der Waals surface area contributed by atoms with Gasteiger partial charge < -0.3 is 10.0 Å². The number of carboxylic acid groups (broad SMARTS) is 1. The third-order valence-electron chi connectivity index (χ3n) is 5.48. The van der Waals surface area contributed by atoms with Gasteiger partial charge >= 0.3 is 5.97 Å². The molecule has 1 aliphatic rings. The standard InChI is InChI=1S/C26H24N2O3/c1-16(2)23(18-13-11-17(3)12-14-18)24-20-8-4-5-10-22(20)28(25(24)29)15-19-7-6-9-21(27-19)26(30)31/h4-14,16H,15H2,1-3H3,(H,30,31). The molecule has 1 N–H and O–H groups in total. The van der Waals surface area contributed by atoms with E-state index in [4.69, 9.17) is 0 Å². The highest BCUT2D eigenvalue weighted by Crippen LogP contribution is 2.43. The maximum atomic E-state index is 13.7. The maximum Gasteiger partial charge on any atom is 0.354 e. The van der Waals surface area contributed by atoms with Gasteiger partial charge in [-0.15, -0.1) is 0 Å². The van der Waals surface area contributed by atoms with Crippen LogP contribution in [0, 0.1) is 12.8 Å². The molecule has 0 unspecified atom stereocenters. The molecular formula is C26H24N2O3. The van der Waals surface area contributed by atoms with Crippen molar-refractivity contribution in [3.8, 4) is 0 Å². The number of allylic oxidation sites excluding steroid dienone is 1. The lowest BCUT2D eigenvalue weighted by molar-refractivity contribution is -0.113. The van der Waals surface area contributed by atoms with E-state index < -0.39 is 5.97 Å². The average Bonchev–Trinajstić information content (AvgIpc) is 3.02. The summed E-state index contributed by atoms with van der Waals surface area (Å²) in [6, 6.07) is 20.8. The zero-order chi connectivity index (χ0) is 22.1. The first-order chi connectivity index (χ1) is 14.9. The number of benzene rings is 2. The van der Waals surface area contributed by atoms with E-state index in [1.54, 1.807) is 17.0 Å². The van der Waals surface area contributed by atoms with Gasteiger partial charge in [-0.2, -0.15) is 0 Å². The quantitative estimate of drug-likeness (QED) is 0.585. The first-order valence-electron chi connectivity index (χ1n) is 10.3. The molecule has 5 heteroatoms. The van der Waals surface area contributed by atoms with Crippen LogP contribution in [0.4, 0.5) is 5.69 Å². The Balaban J connectivity index is 1.84. The fourth-order valence-corrected chi connectivity index (χ4v) is 4.05. The number of anilines is 1. The molecule has 4 rings (SSSR count). The molecule has 0 bridgehead atoms. The van der Waals surface area contributed by atoms with Gasteiger partial charge in [0.1, 0.15) is 5.69 Å². The van der Waals surface area contributed by atoms with E-state index in [0.717, 1.165) is 22.4 Å². The monoisotopic (exact) mass is 412 g/mol. The molecule has 0 atom stereocenters. The molecule has 2 heterocycles. The normalized spacial score (nSPS) is 14.7. The highest BCUT2D eigenvalue weighted by molar-refractivity contribution is 6.37. The van der Waals surface area contributed by atoms with Crippen molar-refractivity contribution >= 4 is 28.7 Å². The minimum atomic E-state index is -1.09. The molecular weight excluding hydrogens is 388 g/mol. The summed E-state index contributed by atoms with van der Waals surface area (Å²) in [5.74, 6) is -1.03. The summed E-state index contributed by atoms with van der Waals surface area (Å²) in [5.41, 5.74) is 6.12. The molecule has 31 heavy (non-hydrogen) atoms. The number of amides is 1.